The molecule has 2 aromatic carbocycles. The van der Waals surface area contributed by atoms with Gasteiger partial charge in [-0.2, -0.15) is 0 Å². The van der Waals surface area contributed by atoms with Gasteiger partial charge in [0.25, 0.3) is 0 Å². The summed E-state index contributed by atoms with van der Waals surface area (Å²) in [6, 6.07) is 13.8. The molecule has 1 unspecified atom stereocenters. The molecule has 1 saturated carbocycles. The van der Waals surface area contributed by atoms with Crippen LogP contribution in [0.15, 0.2) is 53.4 Å². The third-order valence-electron chi connectivity index (χ3n) is 6.21. The average molecular weight is 477 g/mol. The number of aliphatic hydroxyl groups is 1. The Hall–Kier alpha value is -1.93. The molecule has 0 spiro atoms. The Kier molecular flexibility index (Phi) is 5.69. The van der Waals surface area contributed by atoms with Crippen LogP contribution >= 0.6 is 11.6 Å². The van der Waals surface area contributed by atoms with Crippen LogP contribution in [0, 0.1) is 0 Å². The topological polar surface area (TPSA) is 86.7 Å². The first-order valence-corrected chi connectivity index (χ1v) is 12.6. The number of sulfonamides is 1. The molecule has 172 valence electrons. The zero-order valence-corrected chi connectivity index (χ0v) is 20.1. The van der Waals surface area contributed by atoms with Gasteiger partial charge in [0, 0.05) is 22.7 Å². The lowest BCUT2D eigenvalue weighted by Crippen LogP contribution is -2.43. The van der Waals surface area contributed by atoms with Crippen LogP contribution < -0.4 is 4.72 Å². The molecule has 1 aliphatic heterocycles. The third-order valence-corrected chi connectivity index (χ3v) is 8.28. The summed E-state index contributed by atoms with van der Waals surface area (Å²) in [5.41, 5.74) is -1.42. The van der Waals surface area contributed by atoms with E-state index < -0.39 is 26.6 Å². The number of likely N-dealkylation sites (tertiary alicyclic amines) is 1. The minimum atomic E-state index is -3.85. The standard InChI is InChI=1S/C24H29ClN2O4S/c1-22(2,3)26-32(30,31)20-7-5-4-6-19(20)24(29)14-15-27(16-24)21(28)23(12-13-23)17-8-10-18(25)11-9-17/h4-11,26,29H,12-16H2,1-3H3. The van der Waals surface area contributed by atoms with Crippen LogP contribution in [0.5, 0.6) is 0 Å². The van der Waals surface area contributed by atoms with E-state index in [4.69, 9.17) is 11.6 Å². The van der Waals surface area contributed by atoms with Gasteiger partial charge in [0.1, 0.15) is 5.60 Å². The number of carbonyl (C=O) groups is 1. The van der Waals surface area contributed by atoms with Gasteiger partial charge in [0.2, 0.25) is 15.9 Å². The number of halogens is 1. The van der Waals surface area contributed by atoms with Crippen molar-refractivity contribution in [3.05, 3.63) is 64.7 Å². The predicted molar refractivity (Wildman–Crippen MR) is 124 cm³/mol. The van der Waals surface area contributed by atoms with Crippen molar-refractivity contribution in [1.29, 1.82) is 0 Å². The van der Waals surface area contributed by atoms with Gasteiger partial charge in [-0.3, -0.25) is 4.79 Å². The van der Waals surface area contributed by atoms with E-state index in [0.29, 0.717) is 17.1 Å². The molecule has 32 heavy (non-hydrogen) atoms. The number of nitrogens with zero attached hydrogens (tertiary/aromatic N) is 1. The summed E-state index contributed by atoms with van der Waals surface area (Å²) in [6.07, 6.45) is 1.78. The van der Waals surface area contributed by atoms with Crippen LogP contribution in [0.4, 0.5) is 0 Å². The number of hydrogen-bond acceptors (Lipinski definition) is 4. The molecule has 2 aliphatic rings. The number of amides is 1. The van der Waals surface area contributed by atoms with Crippen LogP contribution in [-0.2, 0) is 25.8 Å². The number of β-amino-alcohol motifs (C(OH)–C–C–N with tert-alkyl or cyclic N) is 1. The van der Waals surface area contributed by atoms with Crippen molar-refractivity contribution in [2.24, 2.45) is 0 Å². The van der Waals surface area contributed by atoms with E-state index in [1.165, 1.54) is 6.07 Å². The molecule has 1 heterocycles. The van der Waals surface area contributed by atoms with E-state index in [1.54, 1.807) is 56.0 Å². The van der Waals surface area contributed by atoms with Crippen molar-refractivity contribution >= 4 is 27.5 Å². The Balaban J connectivity index is 1.61. The Bertz CT molecular complexity index is 1140. The molecule has 0 aromatic heterocycles. The van der Waals surface area contributed by atoms with Gasteiger partial charge in [0.15, 0.2) is 0 Å². The first kappa shape index (κ1) is 23.2. The van der Waals surface area contributed by atoms with Crippen molar-refractivity contribution in [2.75, 3.05) is 13.1 Å². The molecule has 4 rings (SSSR count). The first-order valence-electron chi connectivity index (χ1n) is 10.8. The van der Waals surface area contributed by atoms with Gasteiger partial charge in [-0.15, -0.1) is 0 Å². The van der Waals surface area contributed by atoms with E-state index in [1.807, 2.05) is 12.1 Å². The summed E-state index contributed by atoms with van der Waals surface area (Å²) in [5, 5.41) is 12.1. The molecule has 1 amide bonds. The van der Waals surface area contributed by atoms with Gasteiger partial charge in [-0.05, 0) is 63.8 Å². The monoisotopic (exact) mass is 476 g/mol. The molecule has 1 aliphatic carbocycles. The molecular weight excluding hydrogens is 448 g/mol. The summed E-state index contributed by atoms with van der Waals surface area (Å²) in [4.78, 5) is 15.2. The maximum atomic E-state index is 13.5. The second-order valence-corrected chi connectivity index (χ2v) is 12.0. The minimum absolute atomic E-state index is 0.0242. The highest BCUT2D eigenvalue weighted by atomic mass is 35.5. The van der Waals surface area contributed by atoms with Gasteiger partial charge < -0.3 is 10.0 Å². The molecule has 2 fully saturated rings. The van der Waals surface area contributed by atoms with E-state index in [-0.39, 0.29) is 23.8 Å². The van der Waals surface area contributed by atoms with Gasteiger partial charge >= 0.3 is 0 Å². The predicted octanol–water partition coefficient (Wildman–Crippen LogP) is 3.57. The lowest BCUT2D eigenvalue weighted by Gasteiger charge is -2.29. The maximum absolute atomic E-state index is 13.5. The van der Waals surface area contributed by atoms with Crippen molar-refractivity contribution in [3.8, 4) is 0 Å². The Labute approximate surface area is 194 Å². The van der Waals surface area contributed by atoms with Crippen molar-refractivity contribution in [1.82, 2.24) is 9.62 Å². The second-order valence-electron chi connectivity index (χ2n) is 9.95. The summed E-state index contributed by atoms with van der Waals surface area (Å²) in [6.45, 7) is 5.73. The number of hydrogen-bond donors (Lipinski definition) is 2. The van der Waals surface area contributed by atoms with Crippen LogP contribution in [0.25, 0.3) is 0 Å². The van der Waals surface area contributed by atoms with E-state index in [0.717, 1.165) is 18.4 Å². The Morgan fingerprint density at radius 2 is 1.69 bits per heavy atom. The largest absolute Gasteiger partial charge is 0.383 e. The van der Waals surface area contributed by atoms with E-state index >= 15 is 0 Å². The summed E-state index contributed by atoms with van der Waals surface area (Å²) in [7, 11) is -3.85. The second kappa shape index (κ2) is 7.83. The zero-order chi connectivity index (χ0) is 23.4. The smallest absolute Gasteiger partial charge is 0.241 e. The molecule has 1 atom stereocenters. The molecule has 8 heteroatoms. The fraction of sp³-hybridized carbons (Fsp3) is 0.458. The molecule has 6 nitrogen and oxygen atoms in total. The Morgan fingerprint density at radius 1 is 1.06 bits per heavy atom. The minimum Gasteiger partial charge on any atom is -0.383 e. The maximum Gasteiger partial charge on any atom is 0.241 e. The first-order chi connectivity index (χ1) is 14.9. The molecule has 0 radical (unpaired) electrons. The zero-order valence-electron chi connectivity index (χ0n) is 18.6. The molecule has 0 bridgehead atoms. The quantitative estimate of drug-likeness (QED) is 0.690. The SMILES string of the molecule is CC(C)(C)NS(=O)(=O)c1ccccc1C1(O)CCN(C(=O)C2(c3ccc(Cl)cc3)CC2)C1. The number of nitrogens with one attached hydrogen (secondary N) is 1. The van der Waals surface area contributed by atoms with Crippen LogP contribution in [0.3, 0.4) is 0 Å². The summed E-state index contributed by atoms with van der Waals surface area (Å²) >= 11 is 6.00. The normalized spacial score (nSPS) is 22.7. The molecule has 2 aromatic rings. The van der Waals surface area contributed by atoms with Gasteiger partial charge in [0.05, 0.1) is 16.9 Å². The molecular formula is C24H29ClN2O4S. The molecule has 1 saturated heterocycles. The average Bonchev–Trinajstić information content (AvgIpc) is 3.42. The van der Waals surface area contributed by atoms with E-state index in [2.05, 4.69) is 4.72 Å². The highest BCUT2D eigenvalue weighted by Gasteiger charge is 2.55. The van der Waals surface area contributed by atoms with Crippen LogP contribution in [0.2, 0.25) is 5.02 Å². The number of carbonyl (C=O) groups excluding carboxylic acids is 1. The lowest BCUT2D eigenvalue weighted by molar-refractivity contribution is -0.134. The van der Waals surface area contributed by atoms with Crippen LogP contribution in [0.1, 0.15) is 51.2 Å². The van der Waals surface area contributed by atoms with E-state index in [9.17, 15) is 18.3 Å². The summed E-state index contributed by atoms with van der Waals surface area (Å²) in [5.74, 6) is -0.0242. The fourth-order valence-electron chi connectivity index (χ4n) is 4.55. The lowest BCUT2D eigenvalue weighted by atomic mass is 9.92. The van der Waals surface area contributed by atoms with Gasteiger partial charge in [-0.25, -0.2) is 13.1 Å². The van der Waals surface area contributed by atoms with Crippen LogP contribution in [-0.4, -0.2) is 43.0 Å². The fourth-order valence-corrected chi connectivity index (χ4v) is 6.40. The van der Waals surface area contributed by atoms with Crippen molar-refractivity contribution in [2.45, 2.75) is 61.5 Å². The highest BCUT2D eigenvalue weighted by Crippen LogP contribution is 2.51. The van der Waals surface area contributed by atoms with Crippen molar-refractivity contribution < 1.29 is 18.3 Å². The third kappa shape index (κ3) is 4.31. The van der Waals surface area contributed by atoms with Crippen molar-refractivity contribution in [3.63, 3.8) is 0 Å². The number of benzene rings is 2. The van der Waals surface area contributed by atoms with Gasteiger partial charge in [-0.1, -0.05) is 41.9 Å². The number of rotatable bonds is 5. The Morgan fingerprint density at radius 3 is 2.28 bits per heavy atom. The molecule has 2 N–H and O–H groups in total. The summed E-state index contributed by atoms with van der Waals surface area (Å²) < 4.78 is 28.8. The highest BCUT2D eigenvalue weighted by molar-refractivity contribution is 7.89.